The molecule has 1 aliphatic heterocycles. The van der Waals surface area contributed by atoms with Gasteiger partial charge in [-0.3, -0.25) is 0 Å². The lowest BCUT2D eigenvalue weighted by Gasteiger charge is -2.30. The molecule has 0 amide bonds. The average Bonchev–Trinajstić information content (AvgIpc) is 2.79. The van der Waals surface area contributed by atoms with Crippen molar-refractivity contribution in [2.75, 3.05) is 23.7 Å². The number of hydrogen-bond acceptors (Lipinski definition) is 5. The molecule has 2 heterocycles. The van der Waals surface area contributed by atoms with Crippen molar-refractivity contribution >= 4 is 28.2 Å². The summed E-state index contributed by atoms with van der Waals surface area (Å²) in [6.45, 7) is 14.4. The Morgan fingerprint density at radius 3 is 2.76 bits per heavy atom. The smallest absolute Gasteiger partial charge is 0.185 e. The molecule has 0 bridgehead atoms. The Kier molecular flexibility index (Phi) is 5.97. The summed E-state index contributed by atoms with van der Waals surface area (Å²) >= 11 is 3.97. The molecule has 0 aromatic carbocycles. The molecular weight excluding hydrogens is 298 g/mol. The topological polar surface area (TPSA) is 28.2 Å². The molecule has 1 aliphatic rings. The van der Waals surface area contributed by atoms with Crippen LogP contribution in [0.1, 0.15) is 51.6 Å². The van der Waals surface area contributed by atoms with E-state index in [1.165, 1.54) is 21.5 Å². The molecule has 0 aliphatic carbocycles. The van der Waals surface area contributed by atoms with Crippen molar-refractivity contribution in [3.8, 4) is 0 Å². The number of aryl methyl sites for hydroxylation is 1. The molecule has 0 radical (unpaired) electrons. The van der Waals surface area contributed by atoms with Crippen molar-refractivity contribution in [3.05, 3.63) is 10.6 Å². The normalized spacial score (nSPS) is 20.0. The summed E-state index contributed by atoms with van der Waals surface area (Å²) in [7, 11) is 0. The first kappa shape index (κ1) is 17.1. The van der Waals surface area contributed by atoms with Crippen LogP contribution in [0.4, 0.5) is 5.13 Å². The SMILES string of the molecule is CCCc1nc(N2CCSC(C)C2)sc1CNC(C)(C)C. The van der Waals surface area contributed by atoms with Crippen molar-refractivity contribution in [1.82, 2.24) is 10.3 Å². The summed E-state index contributed by atoms with van der Waals surface area (Å²) in [5, 5.41) is 5.56. The number of thioether (sulfide) groups is 1. The highest BCUT2D eigenvalue weighted by Gasteiger charge is 2.22. The third-order valence-electron chi connectivity index (χ3n) is 3.54. The lowest BCUT2D eigenvalue weighted by atomic mass is 10.1. The summed E-state index contributed by atoms with van der Waals surface area (Å²) in [6.07, 6.45) is 2.26. The van der Waals surface area contributed by atoms with Gasteiger partial charge in [-0.25, -0.2) is 4.98 Å². The highest BCUT2D eigenvalue weighted by molar-refractivity contribution is 8.00. The number of hydrogen-bond donors (Lipinski definition) is 1. The van der Waals surface area contributed by atoms with Crippen LogP contribution in [0.15, 0.2) is 0 Å². The van der Waals surface area contributed by atoms with Crippen LogP contribution in [-0.4, -0.2) is 34.6 Å². The van der Waals surface area contributed by atoms with E-state index in [1.807, 2.05) is 11.3 Å². The molecule has 0 spiro atoms. The molecule has 1 atom stereocenters. The van der Waals surface area contributed by atoms with Crippen molar-refractivity contribution in [1.29, 1.82) is 0 Å². The molecule has 1 aromatic rings. The molecule has 1 N–H and O–H groups in total. The first-order valence-corrected chi connectivity index (χ1v) is 9.85. The van der Waals surface area contributed by atoms with Gasteiger partial charge in [0.1, 0.15) is 0 Å². The molecule has 1 fully saturated rings. The van der Waals surface area contributed by atoms with E-state index < -0.39 is 0 Å². The lowest BCUT2D eigenvalue weighted by molar-refractivity contribution is 0.425. The number of anilines is 1. The van der Waals surface area contributed by atoms with Crippen molar-refractivity contribution in [2.45, 2.75) is 64.8 Å². The molecular formula is C16H29N3S2. The average molecular weight is 328 g/mol. The van der Waals surface area contributed by atoms with Gasteiger partial charge >= 0.3 is 0 Å². The van der Waals surface area contributed by atoms with Gasteiger partial charge < -0.3 is 10.2 Å². The molecule has 5 heteroatoms. The molecule has 1 unspecified atom stereocenters. The van der Waals surface area contributed by atoms with Gasteiger partial charge in [-0.05, 0) is 27.2 Å². The van der Waals surface area contributed by atoms with Gasteiger partial charge in [0.25, 0.3) is 0 Å². The summed E-state index contributed by atoms with van der Waals surface area (Å²) in [5.74, 6) is 1.22. The molecule has 21 heavy (non-hydrogen) atoms. The second kappa shape index (κ2) is 7.34. The Morgan fingerprint density at radius 2 is 2.14 bits per heavy atom. The Balaban J connectivity index is 2.12. The lowest BCUT2D eigenvalue weighted by Crippen LogP contribution is -2.36. The van der Waals surface area contributed by atoms with Crippen LogP contribution >= 0.6 is 23.1 Å². The van der Waals surface area contributed by atoms with E-state index in [0.29, 0.717) is 5.25 Å². The Hall–Kier alpha value is -0.260. The minimum absolute atomic E-state index is 0.157. The van der Waals surface area contributed by atoms with Crippen molar-refractivity contribution in [2.24, 2.45) is 0 Å². The maximum atomic E-state index is 4.95. The standard InChI is InChI=1S/C16H29N3S2/c1-6-7-13-14(10-17-16(3,4)5)21-15(18-13)19-8-9-20-12(2)11-19/h12,17H,6-11H2,1-5H3. The van der Waals surface area contributed by atoms with Crippen LogP contribution < -0.4 is 10.2 Å². The predicted octanol–water partition coefficient (Wildman–Crippen LogP) is 3.93. The fourth-order valence-corrected chi connectivity index (χ4v) is 4.51. The number of thiazole rings is 1. The van der Waals surface area contributed by atoms with Crippen LogP contribution in [0, 0.1) is 0 Å². The minimum Gasteiger partial charge on any atom is -0.346 e. The molecule has 0 saturated carbocycles. The molecule has 120 valence electrons. The zero-order valence-electron chi connectivity index (χ0n) is 14.0. The van der Waals surface area contributed by atoms with Crippen LogP contribution in [0.2, 0.25) is 0 Å². The Morgan fingerprint density at radius 1 is 1.38 bits per heavy atom. The van der Waals surface area contributed by atoms with Gasteiger partial charge in [0.2, 0.25) is 0 Å². The number of rotatable bonds is 5. The summed E-state index contributed by atoms with van der Waals surface area (Å²) < 4.78 is 0. The van der Waals surface area contributed by atoms with Crippen molar-refractivity contribution in [3.63, 3.8) is 0 Å². The van der Waals surface area contributed by atoms with Crippen LogP contribution in [0.25, 0.3) is 0 Å². The fraction of sp³-hybridized carbons (Fsp3) is 0.812. The maximum Gasteiger partial charge on any atom is 0.185 e. The zero-order valence-corrected chi connectivity index (χ0v) is 15.7. The quantitative estimate of drug-likeness (QED) is 0.887. The first-order valence-electron chi connectivity index (χ1n) is 7.99. The molecule has 2 rings (SSSR count). The Labute approximate surface area is 137 Å². The fourth-order valence-electron chi connectivity index (χ4n) is 2.41. The maximum absolute atomic E-state index is 4.95. The third-order valence-corrected chi connectivity index (χ3v) is 5.84. The summed E-state index contributed by atoms with van der Waals surface area (Å²) in [4.78, 5) is 8.86. The summed E-state index contributed by atoms with van der Waals surface area (Å²) in [5.41, 5.74) is 1.46. The predicted molar refractivity (Wildman–Crippen MR) is 96.8 cm³/mol. The highest BCUT2D eigenvalue weighted by Crippen LogP contribution is 2.31. The molecule has 3 nitrogen and oxygen atoms in total. The minimum atomic E-state index is 0.157. The van der Waals surface area contributed by atoms with E-state index in [1.54, 1.807) is 0 Å². The third kappa shape index (κ3) is 5.15. The Bertz CT molecular complexity index is 451. The van der Waals surface area contributed by atoms with Crippen LogP contribution in [0.5, 0.6) is 0 Å². The molecule has 1 saturated heterocycles. The number of aromatic nitrogens is 1. The van der Waals surface area contributed by atoms with Gasteiger partial charge in [0, 0.05) is 41.1 Å². The monoisotopic (exact) mass is 327 g/mol. The number of nitrogens with zero attached hydrogens (tertiary/aromatic N) is 2. The highest BCUT2D eigenvalue weighted by atomic mass is 32.2. The van der Waals surface area contributed by atoms with Crippen molar-refractivity contribution < 1.29 is 0 Å². The zero-order chi connectivity index (χ0) is 15.5. The van der Waals surface area contributed by atoms with Crippen LogP contribution in [0.3, 0.4) is 0 Å². The van der Waals surface area contributed by atoms with Gasteiger partial charge in [0.05, 0.1) is 5.69 Å². The number of nitrogens with one attached hydrogen (secondary N) is 1. The van der Waals surface area contributed by atoms with Gasteiger partial charge in [0.15, 0.2) is 5.13 Å². The first-order chi connectivity index (χ1) is 9.89. The van der Waals surface area contributed by atoms with E-state index >= 15 is 0 Å². The second-order valence-corrected chi connectivity index (χ2v) is 9.46. The van der Waals surface area contributed by atoms with Gasteiger partial charge in [-0.2, -0.15) is 11.8 Å². The molecule has 1 aromatic heterocycles. The van der Waals surface area contributed by atoms with E-state index in [2.05, 4.69) is 56.6 Å². The largest absolute Gasteiger partial charge is 0.346 e. The van der Waals surface area contributed by atoms with Crippen LogP contribution in [-0.2, 0) is 13.0 Å². The second-order valence-electron chi connectivity index (χ2n) is 6.85. The van der Waals surface area contributed by atoms with E-state index in [4.69, 9.17) is 4.98 Å². The van der Waals surface area contributed by atoms with E-state index in [-0.39, 0.29) is 5.54 Å². The van der Waals surface area contributed by atoms with Gasteiger partial charge in [-0.1, -0.05) is 20.3 Å². The van der Waals surface area contributed by atoms with E-state index in [9.17, 15) is 0 Å². The van der Waals surface area contributed by atoms with E-state index in [0.717, 1.165) is 32.5 Å². The summed E-state index contributed by atoms with van der Waals surface area (Å²) in [6, 6.07) is 0. The van der Waals surface area contributed by atoms with Gasteiger partial charge in [-0.15, -0.1) is 11.3 Å².